The van der Waals surface area contributed by atoms with Crippen molar-refractivity contribution in [3.05, 3.63) is 35.4 Å². The first-order valence-electron chi connectivity index (χ1n) is 10.9. The van der Waals surface area contributed by atoms with Crippen LogP contribution < -0.4 is 5.32 Å². The summed E-state index contributed by atoms with van der Waals surface area (Å²) < 4.78 is 5.18. The predicted molar refractivity (Wildman–Crippen MR) is 132 cm³/mol. The first-order valence-corrected chi connectivity index (χ1v) is 10.9. The number of ether oxygens (including phenoxy) is 1. The smallest absolute Gasteiger partial charge is 0.309 e. The normalized spacial score (nSPS) is 18.4. The Hall–Kier alpha value is -1.35. The van der Waals surface area contributed by atoms with Crippen molar-refractivity contribution >= 4 is 35.9 Å². The van der Waals surface area contributed by atoms with Gasteiger partial charge >= 0.3 is 5.97 Å². The third-order valence-corrected chi connectivity index (χ3v) is 6.29. The van der Waals surface area contributed by atoms with Crippen LogP contribution in [0.15, 0.2) is 29.3 Å². The van der Waals surface area contributed by atoms with E-state index in [0.717, 1.165) is 57.9 Å². The van der Waals surface area contributed by atoms with Crippen molar-refractivity contribution in [3.63, 3.8) is 0 Å². The molecule has 0 saturated carbocycles. The maximum Gasteiger partial charge on any atom is 0.309 e. The lowest BCUT2D eigenvalue weighted by atomic mass is 9.94. The van der Waals surface area contributed by atoms with Crippen molar-refractivity contribution in [2.45, 2.75) is 52.1 Å². The number of esters is 1. The highest BCUT2D eigenvalue weighted by Gasteiger charge is 2.31. The molecule has 0 bridgehead atoms. The van der Waals surface area contributed by atoms with Crippen LogP contribution in [0.2, 0.25) is 0 Å². The van der Waals surface area contributed by atoms with Gasteiger partial charge in [0.15, 0.2) is 5.96 Å². The summed E-state index contributed by atoms with van der Waals surface area (Å²) >= 11 is 0. The van der Waals surface area contributed by atoms with Crippen molar-refractivity contribution in [2.75, 3.05) is 39.8 Å². The third kappa shape index (κ3) is 6.09. The number of likely N-dealkylation sites (tertiary alicyclic amines) is 1. The van der Waals surface area contributed by atoms with Crippen LogP contribution in [0.5, 0.6) is 0 Å². The van der Waals surface area contributed by atoms with Crippen molar-refractivity contribution < 1.29 is 9.53 Å². The summed E-state index contributed by atoms with van der Waals surface area (Å²) in [5.41, 5.74) is 2.94. The molecule has 0 atom stereocenters. The molecule has 1 aromatic carbocycles. The van der Waals surface area contributed by atoms with Gasteiger partial charge in [-0.15, -0.1) is 24.0 Å². The number of carbonyl (C=O) groups excluding carboxylic acids is 1. The number of hydrogen-bond acceptors (Lipinski definition) is 4. The van der Waals surface area contributed by atoms with Crippen molar-refractivity contribution in [2.24, 2.45) is 10.9 Å². The lowest BCUT2D eigenvalue weighted by Crippen LogP contribution is -2.56. The van der Waals surface area contributed by atoms with Crippen molar-refractivity contribution in [1.82, 2.24) is 15.1 Å². The van der Waals surface area contributed by atoms with Crippen LogP contribution in [0.4, 0.5) is 0 Å². The lowest BCUT2D eigenvalue weighted by molar-refractivity contribution is -0.149. The number of fused-ring (bicyclic) bond motifs is 1. The van der Waals surface area contributed by atoms with E-state index in [1.54, 1.807) is 0 Å². The van der Waals surface area contributed by atoms with Gasteiger partial charge in [0.25, 0.3) is 0 Å². The molecule has 2 aliphatic rings. The molecule has 7 heteroatoms. The summed E-state index contributed by atoms with van der Waals surface area (Å²) in [6, 6.07) is 8.77. The Balaban J connectivity index is 0.00000320. The van der Waals surface area contributed by atoms with Gasteiger partial charge in [0.2, 0.25) is 0 Å². The molecule has 1 N–H and O–H groups in total. The largest absolute Gasteiger partial charge is 0.466 e. The summed E-state index contributed by atoms with van der Waals surface area (Å²) in [5, 5.41) is 3.59. The van der Waals surface area contributed by atoms with Gasteiger partial charge in [-0.25, -0.2) is 0 Å². The van der Waals surface area contributed by atoms with Crippen LogP contribution in [-0.4, -0.2) is 67.1 Å². The number of hydrogen-bond donors (Lipinski definition) is 1. The van der Waals surface area contributed by atoms with Crippen LogP contribution in [-0.2, 0) is 22.5 Å². The zero-order chi connectivity index (χ0) is 20.9. The highest BCUT2D eigenvalue weighted by atomic mass is 127. The number of halogens is 1. The van der Waals surface area contributed by atoms with Gasteiger partial charge in [-0.1, -0.05) is 24.3 Å². The monoisotopic (exact) mass is 528 g/mol. The van der Waals surface area contributed by atoms with Gasteiger partial charge in [-0.3, -0.25) is 14.7 Å². The fourth-order valence-electron chi connectivity index (χ4n) is 4.34. The molecule has 0 aliphatic carbocycles. The van der Waals surface area contributed by atoms with E-state index >= 15 is 0 Å². The topological polar surface area (TPSA) is 57.2 Å². The van der Waals surface area contributed by atoms with Gasteiger partial charge < -0.3 is 15.0 Å². The number of carbonyl (C=O) groups is 1. The molecular weight excluding hydrogens is 491 g/mol. The molecule has 0 unspecified atom stereocenters. The van der Waals surface area contributed by atoms with Gasteiger partial charge in [0, 0.05) is 45.3 Å². The average Bonchev–Trinajstić information content (AvgIpc) is 2.74. The Morgan fingerprint density at radius 2 is 1.87 bits per heavy atom. The lowest BCUT2D eigenvalue weighted by Gasteiger charge is -2.42. The molecule has 0 amide bonds. The first-order chi connectivity index (χ1) is 13.9. The van der Waals surface area contributed by atoms with Gasteiger partial charge in [-0.2, -0.15) is 0 Å². The number of guanidine groups is 1. The van der Waals surface area contributed by atoms with Crippen LogP contribution in [0, 0.1) is 5.92 Å². The summed E-state index contributed by atoms with van der Waals surface area (Å²) in [6.45, 7) is 11.5. The molecule has 2 aliphatic heterocycles. The minimum absolute atomic E-state index is 0. The maximum atomic E-state index is 12.0. The molecule has 168 valence electrons. The number of nitrogens with one attached hydrogen (secondary N) is 1. The third-order valence-electron chi connectivity index (χ3n) is 6.29. The predicted octanol–water partition coefficient (Wildman–Crippen LogP) is 3.29. The minimum atomic E-state index is -0.0541. The fourth-order valence-corrected chi connectivity index (χ4v) is 4.34. The SMILES string of the molecule is CCOC(=O)C1CCN(C(=NC)NCC(C)(C)N2CCc3ccccc3C2)CC1.I. The molecule has 3 rings (SSSR count). The zero-order valence-corrected chi connectivity index (χ0v) is 21.1. The molecule has 6 nitrogen and oxygen atoms in total. The molecule has 30 heavy (non-hydrogen) atoms. The number of benzene rings is 1. The van der Waals surface area contributed by atoms with Crippen LogP contribution >= 0.6 is 24.0 Å². The first kappa shape index (κ1) is 24.9. The second kappa shape index (κ2) is 11.3. The van der Waals surface area contributed by atoms with Gasteiger partial charge in [0.05, 0.1) is 12.5 Å². The molecule has 2 heterocycles. The Morgan fingerprint density at radius 1 is 1.20 bits per heavy atom. The van der Waals surface area contributed by atoms with E-state index in [2.05, 4.69) is 58.2 Å². The molecule has 1 fully saturated rings. The van der Waals surface area contributed by atoms with Crippen molar-refractivity contribution in [3.8, 4) is 0 Å². The summed E-state index contributed by atoms with van der Waals surface area (Å²) in [7, 11) is 1.84. The van der Waals surface area contributed by atoms with E-state index in [0.29, 0.717) is 6.61 Å². The maximum absolute atomic E-state index is 12.0. The molecule has 0 aromatic heterocycles. The Bertz CT molecular complexity index is 730. The molecule has 1 aromatic rings. The Labute approximate surface area is 198 Å². The minimum Gasteiger partial charge on any atom is -0.466 e. The van der Waals surface area contributed by atoms with E-state index in [4.69, 9.17) is 4.74 Å². The van der Waals surface area contributed by atoms with Crippen molar-refractivity contribution in [1.29, 1.82) is 0 Å². The van der Waals surface area contributed by atoms with E-state index in [1.807, 2.05) is 14.0 Å². The molecule has 0 radical (unpaired) electrons. The summed E-state index contributed by atoms with van der Waals surface area (Å²) in [4.78, 5) is 21.3. The van der Waals surface area contributed by atoms with E-state index in [9.17, 15) is 4.79 Å². The number of rotatable bonds is 5. The summed E-state index contributed by atoms with van der Waals surface area (Å²) in [6.07, 6.45) is 2.76. The average molecular weight is 528 g/mol. The number of aliphatic imine (C=N–C) groups is 1. The van der Waals surface area contributed by atoms with E-state index in [-0.39, 0.29) is 41.4 Å². The fraction of sp³-hybridized carbons (Fsp3) is 0.652. The molecule has 0 spiro atoms. The Morgan fingerprint density at radius 3 is 2.50 bits per heavy atom. The van der Waals surface area contributed by atoms with Crippen LogP contribution in [0.3, 0.4) is 0 Å². The number of piperidine rings is 1. The zero-order valence-electron chi connectivity index (χ0n) is 18.8. The second-order valence-corrected chi connectivity index (χ2v) is 8.67. The highest BCUT2D eigenvalue weighted by molar-refractivity contribution is 14.0. The highest BCUT2D eigenvalue weighted by Crippen LogP contribution is 2.25. The van der Waals surface area contributed by atoms with E-state index in [1.165, 1.54) is 11.1 Å². The van der Waals surface area contributed by atoms with Crippen LogP contribution in [0.25, 0.3) is 0 Å². The standard InChI is InChI=1S/C23H36N4O2.HI/c1-5-29-21(28)19-10-13-26(14-11-19)22(24-4)25-17-23(2,3)27-15-12-18-8-6-7-9-20(18)16-27;/h6-9,19H,5,10-17H2,1-4H3,(H,24,25);1H. The van der Waals surface area contributed by atoms with Gasteiger partial charge in [-0.05, 0) is 51.2 Å². The quantitative estimate of drug-likeness (QED) is 0.275. The van der Waals surface area contributed by atoms with Gasteiger partial charge in [0.1, 0.15) is 0 Å². The summed E-state index contributed by atoms with van der Waals surface area (Å²) in [5.74, 6) is 0.897. The Kier molecular flexibility index (Phi) is 9.40. The second-order valence-electron chi connectivity index (χ2n) is 8.67. The molecule has 1 saturated heterocycles. The number of nitrogens with zero attached hydrogens (tertiary/aromatic N) is 3. The molecular formula is C23H37IN4O2. The van der Waals surface area contributed by atoms with E-state index < -0.39 is 0 Å². The van der Waals surface area contributed by atoms with Crippen LogP contribution in [0.1, 0.15) is 44.7 Å².